The van der Waals surface area contributed by atoms with Crippen molar-refractivity contribution >= 4 is 23.7 Å². The summed E-state index contributed by atoms with van der Waals surface area (Å²) in [6.07, 6.45) is 3.40. The predicted molar refractivity (Wildman–Crippen MR) is 123 cm³/mol. The monoisotopic (exact) mass is 484 g/mol. The Hall–Kier alpha value is -2.74. The molecule has 2 aromatic carbocycles. The van der Waals surface area contributed by atoms with Crippen molar-refractivity contribution in [3.63, 3.8) is 0 Å². The van der Waals surface area contributed by atoms with Crippen LogP contribution in [0.2, 0.25) is 5.02 Å². The number of halogens is 4. The van der Waals surface area contributed by atoms with E-state index in [1.54, 1.807) is 12.1 Å². The molecule has 0 atom stereocenters. The fraction of sp³-hybridized carbons (Fsp3) is 0.417. The second-order valence-electron chi connectivity index (χ2n) is 7.39. The van der Waals surface area contributed by atoms with Crippen LogP contribution in [0.5, 0.6) is 11.5 Å². The largest absolute Gasteiger partial charge is 0.493 e. The van der Waals surface area contributed by atoms with E-state index in [2.05, 4.69) is 17.5 Å². The Morgan fingerprint density at radius 3 is 2.52 bits per heavy atom. The molecule has 0 radical (unpaired) electrons. The van der Waals surface area contributed by atoms with Crippen molar-refractivity contribution in [1.29, 1.82) is 0 Å². The number of hydrogen-bond donors (Lipinski definition) is 1. The van der Waals surface area contributed by atoms with E-state index in [1.807, 2.05) is 0 Å². The fourth-order valence-electron chi connectivity index (χ4n) is 3.16. The third kappa shape index (κ3) is 8.28. The van der Waals surface area contributed by atoms with Gasteiger partial charge in [-0.05, 0) is 36.2 Å². The molecule has 0 saturated heterocycles. The van der Waals surface area contributed by atoms with Gasteiger partial charge >= 0.3 is 6.18 Å². The smallest absolute Gasteiger partial charge is 0.417 e. The van der Waals surface area contributed by atoms with E-state index in [1.165, 1.54) is 44.7 Å². The number of alkyl halides is 3. The highest BCUT2D eigenvalue weighted by molar-refractivity contribution is 6.32. The van der Waals surface area contributed by atoms with E-state index in [0.717, 1.165) is 31.4 Å². The average Bonchev–Trinajstić information content (AvgIpc) is 2.78. The van der Waals surface area contributed by atoms with Crippen LogP contribution in [0.3, 0.4) is 0 Å². The molecular weight excluding hydrogens is 457 g/mol. The van der Waals surface area contributed by atoms with Crippen molar-refractivity contribution < 1.29 is 27.4 Å². The lowest BCUT2D eigenvalue weighted by molar-refractivity contribution is -0.137. The third-order valence-corrected chi connectivity index (χ3v) is 5.13. The van der Waals surface area contributed by atoms with E-state index in [4.69, 9.17) is 21.1 Å². The molecule has 180 valence electrons. The molecule has 0 bridgehead atoms. The highest BCUT2D eigenvalue weighted by atomic mass is 35.5. The van der Waals surface area contributed by atoms with Gasteiger partial charge in [0.2, 0.25) is 0 Å². The van der Waals surface area contributed by atoms with Crippen LogP contribution in [0.4, 0.5) is 13.2 Å². The molecule has 0 aliphatic carbocycles. The van der Waals surface area contributed by atoms with Crippen molar-refractivity contribution in [1.82, 2.24) is 5.43 Å². The maximum Gasteiger partial charge on any atom is 0.417 e. The second-order valence-corrected chi connectivity index (χ2v) is 7.80. The van der Waals surface area contributed by atoms with Gasteiger partial charge in [-0.15, -0.1) is 0 Å². The number of carbonyl (C=O) groups is 1. The maximum atomic E-state index is 13.1. The minimum absolute atomic E-state index is 0.301. The summed E-state index contributed by atoms with van der Waals surface area (Å²) in [4.78, 5) is 12.2. The molecule has 5 nitrogen and oxygen atoms in total. The lowest BCUT2D eigenvalue weighted by Crippen LogP contribution is -2.22. The lowest BCUT2D eigenvalue weighted by atomic mass is 10.1. The Kier molecular flexibility index (Phi) is 10.5. The second kappa shape index (κ2) is 13.1. The molecule has 2 aromatic rings. The first-order valence-electron chi connectivity index (χ1n) is 10.8. The van der Waals surface area contributed by atoms with Gasteiger partial charge in [0.1, 0.15) is 0 Å². The molecule has 9 heteroatoms. The summed E-state index contributed by atoms with van der Waals surface area (Å²) in [5.74, 6) is -0.173. The number of rotatable bonds is 12. The van der Waals surface area contributed by atoms with Crippen LogP contribution in [0.15, 0.2) is 41.5 Å². The van der Waals surface area contributed by atoms with E-state index >= 15 is 0 Å². The number of methoxy groups -OCH3 is 1. The van der Waals surface area contributed by atoms with E-state index < -0.39 is 23.2 Å². The van der Waals surface area contributed by atoms with E-state index in [-0.39, 0.29) is 0 Å². The Balaban J connectivity index is 2.00. The van der Waals surface area contributed by atoms with Crippen LogP contribution in [-0.4, -0.2) is 25.8 Å². The standard InChI is InChI=1S/C24H28ClF3N2O3/c1-3-4-5-6-7-10-13-33-22-20(25)14-17(15-21(22)32-2)16-29-30-23(31)18-11-8-9-12-19(18)24(26,27)28/h8-9,11-12,14-16H,3-7,10,13H2,1-2H3,(H,30,31)/b29-16+. The summed E-state index contributed by atoms with van der Waals surface area (Å²) in [5, 5.41) is 4.05. The van der Waals surface area contributed by atoms with Gasteiger partial charge in [0.25, 0.3) is 5.91 Å². The first-order chi connectivity index (χ1) is 15.8. The highest BCUT2D eigenvalue weighted by Crippen LogP contribution is 2.36. The summed E-state index contributed by atoms with van der Waals surface area (Å²) < 4.78 is 50.4. The number of ether oxygens (including phenoxy) is 2. The van der Waals surface area contributed by atoms with Gasteiger partial charge in [-0.2, -0.15) is 18.3 Å². The lowest BCUT2D eigenvalue weighted by Gasteiger charge is -2.13. The molecule has 0 aromatic heterocycles. The van der Waals surface area contributed by atoms with Gasteiger partial charge in [0.15, 0.2) is 11.5 Å². The number of amides is 1. The molecule has 0 heterocycles. The Bertz CT molecular complexity index is 949. The Labute approximate surface area is 196 Å². The molecule has 2 rings (SSSR count). The van der Waals surface area contributed by atoms with Gasteiger partial charge in [-0.1, -0.05) is 62.8 Å². The van der Waals surface area contributed by atoms with E-state index in [0.29, 0.717) is 28.7 Å². The summed E-state index contributed by atoms with van der Waals surface area (Å²) in [6, 6.07) is 7.67. The molecule has 0 saturated carbocycles. The zero-order valence-electron chi connectivity index (χ0n) is 18.7. The quantitative estimate of drug-likeness (QED) is 0.203. The maximum absolute atomic E-state index is 13.1. The molecule has 0 fully saturated rings. The first kappa shape index (κ1) is 26.5. The summed E-state index contributed by atoms with van der Waals surface area (Å²) in [6.45, 7) is 2.68. The first-order valence-corrected chi connectivity index (χ1v) is 11.2. The number of nitrogens with one attached hydrogen (secondary N) is 1. The summed E-state index contributed by atoms with van der Waals surface area (Å²) >= 11 is 6.32. The van der Waals surface area contributed by atoms with Crippen molar-refractivity contribution in [2.24, 2.45) is 5.10 Å². The normalized spacial score (nSPS) is 11.6. The third-order valence-electron chi connectivity index (χ3n) is 4.85. The van der Waals surface area contributed by atoms with Crippen molar-refractivity contribution in [3.8, 4) is 11.5 Å². The van der Waals surface area contributed by atoms with Gasteiger partial charge in [-0.25, -0.2) is 5.43 Å². The predicted octanol–water partition coefficient (Wildman–Crippen LogP) is 6.87. The molecule has 1 N–H and O–H groups in total. The number of hydrogen-bond acceptors (Lipinski definition) is 4. The molecular formula is C24H28ClF3N2O3. The van der Waals surface area contributed by atoms with Crippen LogP contribution in [0, 0.1) is 0 Å². The minimum Gasteiger partial charge on any atom is -0.493 e. The topological polar surface area (TPSA) is 59.9 Å². The van der Waals surface area contributed by atoms with Gasteiger partial charge in [-0.3, -0.25) is 4.79 Å². The van der Waals surface area contributed by atoms with Crippen LogP contribution < -0.4 is 14.9 Å². The van der Waals surface area contributed by atoms with Crippen molar-refractivity contribution in [2.45, 2.75) is 51.6 Å². The van der Waals surface area contributed by atoms with Crippen LogP contribution in [0.1, 0.15) is 66.9 Å². The van der Waals surface area contributed by atoms with Gasteiger partial charge < -0.3 is 9.47 Å². The van der Waals surface area contributed by atoms with Crippen molar-refractivity contribution in [2.75, 3.05) is 13.7 Å². The summed E-state index contributed by atoms with van der Waals surface area (Å²) in [5.41, 5.74) is 1.04. The summed E-state index contributed by atoms with van der Waals surface area (Å²) in [7, 11) is 1.47. The number of unbranched alkanes of at least 4 members (excludes halogenated alkanes) is 5. The molecule has 33 heavy (non-hydrogen) atoms. The number of nitrogens with zero attached hydrogens (tertiary/aromatic N) is 1. The molecule has 1 amide bonds. The van der Waals surface area contributed by atoms with Crippen LogP contribution >= 0.6 is 11.6 Å². The zero-order chi connectivity index (χ0) is 24.3. The van der Waals surface area contributed by atoms with Gasteiger partial charge in [0.05, 0.1) is 36.1 Å². The van der Waals surface area contributed by atoms with Crippen LogP contribution in [0.25, 0.3) is 0 Å². The highest BCUT2D eigenvalue weighted by Gasteiger charge is 2.34. The fourth-order valence-corrected chi connectivity index (χ4v) is 3.44. The molecule has 0 unspecified atom stereocenters. The Morgan fingerprint density at radius 1 is 1.12 bits per heavy atom. The SMILES string of the molecule is CCCCCCCCOc1c(Cl)cc(/C=N/NC(=O)c2ccccc2C(F)(F)F)cc1OC. The van der Waals surface area contributed by atoms with Crippen LogP contribution in [-0.2, 0) is 6.18 Å². The minimum atomic E-state index is -4.65. The number of benzene rings is 2. The van der Waals surface area contributed by atoms with E-state index in [9.17, 15) is 18.0 Å². The molecule has 0 aliphatic rings. The molecule has 0 aliphatic heterocycles. The number of carbonyl (C=O) groups excluding carboxylic acids is 1. The van der Waals surface area contributed by atoms with Crippen molar-refractivity contribution in [3.05, 3.63) is 58.1 Å². The Morgan fingerprint density at radius 2 is 1.82 bits per heavy atom. The zero-order valence-corrected chi connectivity index (χ0v) is 19.4. The number of hydrazone groups is 1. The van der Waals surface area contributed by atoms with Gasteiger partial charge in [0, 0.05) is 0 Å². The molecule has 0 spiro atoms. The average molecular weight is 485 g/mol.